The van der Waals surface area contributed by atoms with Crippen molar-refractivity contribution in [2.24, 2.45) is 0 Å². The first-order chi connectivity index (χ1) is 9.54. The molecule has 0 unspecified atom stereocenters. The smallest absolute Gasteiger partial charge is 0.170 e. The number of ether oxygens (including phenoxy) is 1. The van der Waals surface area contributed by atoms with Gasteiger partial charge in [0.1, 0.15) is 0 Å². The highest BCUT2D eigenvalue weighted by atomic mass is 79.9. The van der Waals surface area contributed by atoms with E-state index in [4.69, 9.17) is 27.9 Å². The van der Waals surface area contributed by atoms with Gasteiger partial charge in [-0.25, -0.2) is 4.39 Å². The third kappa shape index (κ3) is 3.19. The number of methoxy groups -OCH3 is 1. The van der Waals surface area contributed by atoms with Gasteiger partial charge in [-0.15, -0.1) is 0 Å². The SMILES string of the molecule is COc1cccc(CNc2ccc(Br)c(Cl)c2Cl)c1F. The maximum Gasteiger partial charge on any atom is 0.170 e. The van der Waals surface area contributed by atoms with Gasteiger partial charge in [-0.3, -0.25) is 0 Å². The maximum atomic E-state index is 14.0. The van der Waals surface area contributed by atoms with Crippen LogP contribution < -0.4 is 10.1 Å². The average molecular weight is 379 g/mol. The van der Waals surface area contributed by atoms with Crippen molar-refractivity contribution in [1.29, 1.82) is 0 Å². The van der Waals surface area contributed by atoms with E-state index in [0.29, 0.717) is 25.8 Å². The average Bonchev–Trinajstić information content (AvgIpc) is 2.45. The van der Waals surface area contributed by atoms with Crippen LogP contribution in [0.1, 0.15) is 5.56 Å². The van der Waals surface area contributed by atoms with Crippen molar-refractivity contribution in [2.75, 3.05) is 12.4 Å². The minimum atomic E-state index is -0.387. The third-order valence-electron chi connectivity index (χ3n) is 2.77. The van der Waals surface area contributed by atoms with E-state index >= 15 is 0 Å². The second-order valence-corrected chi connectivity index (χ2v) is 5.62. The summed E-state index contributed by atoms with van der Waals surface area (Å²) in [6.07, 6.45) is 0. The van der Waals surface area contributed by atoms with Gasteiger partial charge in [0.15, 0.2) is 11.6 Å². The van der Waals surface area contributed by atoms with Gasteiger partial charge in [0.25, 0.3) is 0 Å². The van der Waals surface area contributed by atoms with Crippen molar-refractivity contribution >= 4 is 44.8 Å². The van der Waals surface area contributed by atoms with Gasteiger partial charge in [-0.05, 0) is 34.1 Å². The Morgan fingerprint density at radius 2 is 1.95 bits per heavy atom. The molecule has 0 heterocycles. The molecule has 6 heteroatoms. The van der Waals surface area contributed by atoms with Crippen LogP contribution in [-0.2, 0) is 6.54 Å². The number of rotatable bonds is 4. The summed E-state index contributed by atoms with van der Waals surface area (Å²) in [5.74, 6) is -0.175. The van der Waals surface area contributed by atoms with Crippen LogP contribution in [0, 0.1) is 5.82 Å². The Labute approximate surface area is 135 Å². The standard InChI is InChI=1S/C14H11BrCl2FNO/c1-20-11-4-2-3-8(14(11)18)7-19-10-6-5-9(15)12(16)13(10)17/h2-6,19H,7H2,1H3. The van der Waals surface area contributed by atoms with E-state index < -0.39 is 0 Å². The molecule has 0 saturated carbocycles. The quantitative estimate of drug-likeness (QED) is 0.707. The minimum Gasteiger partial charge on any atom is -0.494 e. The maximum absolute atomic E-state index is 14.0. The molecule has 0 atom stereocenters. The monoisotopic (exact) mass is 377 g/mol. The predicted molar refractivity (Wildman–Crippen MR) is 84.4 cm³/mol. The molecule has 0 radical (unpaired) electrons. The third-order valence-corrected chi connectivity index (χ3v) is 4.54. The lowest BCUT2D eigenvalue weighted by atomic mass is 10.2. The van der Waals surface area contributed by atoms with Crippen LogP contribution in [0.2, 0.25) is 10.0 Å². The fourth-order valence-corrected chi connectivity index (χ4v) is 2.54. The fraction of sp³-hybridized carbons (Fsp3) is 0.143. The van der Waals surface area contributed by atoms with Gasteiger partial charge in [-0.1, -0.05) is 35.3 Å². The summed E-state index contributed by atoms with van der Waals surface area (Å²) in [6.45, 7) is 0.278. The fourth-order valence-electron chi connectivity index (χ4n) is 1.70. The summed E-state index contributed by atoms with van der Waals surface area (Å²) in [4.78, 5) is 0. The molecule has 0 aliphatic heterocycles. The molecule has 0 bridgehead atoms. The van der Waals surface area contributed by atoms with Crippen LogP contribution in [0.5, 0.6) is 5.75 Å². The predicted octanol–water partition coefficient (Wildman–Crippen LogP) is 5.52. The van der Waals surface area contributed by atoms with Crippen molar-refractivity contribution < 1.29 is 9.13 Å². The lowest BCUT2D eigenvalue weighted by Gasteiger charge is -2.12. The van der Waals surface area contributed by atoms with Crippen molar-refractivity contribution in [3.05, 3.63) is 56.2 Å². The number of hydrogen-bond acceptors (Lipinski definition) is 2. The summed E-state index contributed by atoms with van der Waals surface area (Å²) in [5.41, 5.74) is 1.13. The van der Waals surface area contributed by atoms with Crippen molar-refractivity contribution in [1.82, 2.24) is 0 Å². The molecule has 2 rings (SSSR count). The van der Waals surface area contributed by atoms with E-state index in [1.807, 2.05) is 0 Å². The number of anilines is 1. The molecule has 0 amide bonds. The van der Waals surface area contributed by atoms with Gasteiger partial charge >= 0.3 is 0 Å². The van der Waals surface area contributed by atoms with E-state index in [2.05, 4.69) is 21.2 Å². The highest BCUT2D eigenvalue weighted by Crippen LogP contribution is 2.36. The Morgan fingerprint density at radius 3 is 2.65 bits per heavy atom. The minimum absolute atomic E-state index is 0.212. The zero-order valence-electron chi connectivity index (χ0n) is 10.5. The lowest BCUT2D eigenvalue weighted by Crippen LogP contribution is -2.03. The number of hydrogen-bond donors (Lipinski definition) is 1. The van der Waals surface area contributed by atoms with Crippen LogP contribution in [0.15, 0.2) is 34.8 Å². The molecular formula is C14H11BrCl2FNO. The molecule has 0 saturated heterocycles. The topological polar surface area (TPSA) is 21.3 Å². The molecule has 106 valence electrons. The largest absolute Gasteiger partial charge is 0.494 e. The van der Waals surface area contributed by atoms with Crippen LogP contribution >= 0.6 is 39.1 Å². The first kappa shape index (κ1) is 15.4. The highest BCUT2D eigenvalue weighted by Gasteiger charge is 2.11. The van der Waals surface area contributed by atoms with Crippen LogP contribution in [0.4, 0.5) is 10.1 Å². The summed E-state index contributed by atoms with van der Waals surface area (Å²) in [6, 6.07) is 8.53. The number of nitrogens with one attached hydrogen (secondary N) is 1. The second kappa shape index (κ2) is 6.66. The summed E-state index contributed by atoms with van der Waals surface area (Å²) >= 11 is 15.4. The Kier molecular flexibility index (Phi) is 5.13. The number of benzene rings is 2. The molecular weight excluding hydrogens is 368 g/mol. The zero-order valence-corrected chi connectivity index (χ0v) is 13.6. The van der Waals surface area contributed by atoms with Gasteiger partial charge in [-0.2, -0.15) is 0 Å². The summed E-state index contributed by atoms with van der Waals surface area (Å²) < 4.78 is 19.6. The summed E-state index contributed by atoms with van der Waals surface area (Å²) in [5, 5.41) is 3.87. The molecule has 0 aromatic heterocycles. The Morgan fingerprint density at radius 1 is 1.20 bits per heavy atom. The van der Waals surface area contributed by atoms with E-state index in [0.717, 1.165) is 0 Å². The molecule has 2 aromatic rings. The van der Waals surface area contributed by atoms with E-state index in [-0.39, 0.29) is 18.1 Å². The normalized spacial score (nSPS) is 10.4. The Hall–Kier alpha value is -0.970. The molecule has 0 fully saturated rings. The molecule has 1 N–H and O–H groups in total. The summed E-state index contributed by atoms with van der Waals surface area (Å²) in [7, 11) is 1.43. The van der Waals surface area contributed by atoms with Crippen molar-refractivity contribution in [3.8, 4) is 5.75 Å². The Balaban J connectivity index is 2.19. The lowest BCUT2D eigenvalue weighted by molar-refractivity contribution is 0.384. The van der Waals surface area contributed by atoms with Crippen LogP contribution in [-0.4, -0.2) is 7.11 Å². The van der Waals surface area contributed by atoms with Crippen molar-refractivity contribution in [2.45, 2.75) is 6.54 Å². The number of halogens is 4. The molecule has 20 heavy (non-hydrogen) atoms. The first-order valence-electron chi connectivity index (χ1n) is 5.73. The van der Waals surface area contributed by atoms with E-state index in [1.165, 1.54) is 7.11 Å². The van der Waals surface area contributed by atoms with Crippen molar-refractivity contribution in [3.63, 3.8) is 0 Å². The molecule has 0 spiro atoms. The van der Waals surface area contributed by atoms with Gasteiger partial charge < -0.3 is 10.1 Å². The molecule has 2 aromatic carbocycles. The first-order valence-corrected chi connectivity index (χ1v) is 7.28. The van der Waals surface area contributed by atoms with E-state index in [1.54, 1.807) is 30.3 Å². The van der Waals surface area contributed by atoms with Crippen LogP contribution in [0.25, 0.3) is 0 Å². The Bertz CT molecular complexity index is 637. The second-order valence-electron chi connectivity index (χ2n) is 4.01. The van der Waals surface area contributed by atoms with Gasteiger partial charge in [0.2, 0.25) is 0 Å². The van der Waals surface area contributed by atoms with Gasteiger partial charge in [0, 0.05) is 16.6 Å². The van der Waals surface area contributed by atoms with Crippen LogP contribution in [0.3, 0.4) is 0 Å². The van der Waals surface area contributed by atoms with E-state index in [9.17, 15) is 4.39 Å². The zero-order chi connectivity index (χ0) is 14.7. The molecule has 0 aliphatic rings. The molecule has 0 aliphatic carbocycles. The highest BCUT2D eigenvalue weighted by molar-refractivity contribution is 9.10. The molecule has 2 nitrogen and oxygen atoms in total. The van der Waals surface area contributed by atoms with Gasteiger partial charge in [0.05, 0.1) is 22.8 Å².